The third kappa shape index (κ3) is 3.89. The van der Waals surface area contributed by atoms with Crippen molar-refractivity contribution >= 4 is 28.6 Å². The number of nitrogens with zero attached hydrogens (tertiary/aromatic N) is 6. The van der Waals surface area contributed by atoms with Gasteiger partial charge in [0.2, 0.25) is 5.95 Å². The van der Waals surface area contributed by atoms with Crippen LogP contribution in [0.1, 0.15) is 18.4 Å². The molecule has 1 saturated heterocycles. The predicted octanol–water partition coefficient (Wildman–Crippen LogP) is 2.96. The van der Waals surface area contributed by atoms with E-state index in [9.17, 15) is 0 Å². The second kappa shape index (κ2) is 8.01. The van der Waals surface area contributed by atoms with Crippen LogP contribution in [0.15, 0.2) is 48.9 Å². The lowest BCUT2D eigenvalue weighted by molar-refractivity contribution is 0.498. The summed E-state index contributed by atoms with van der Waals surface area (Å²) in [4.78, 5) is 23.5. The largest absolute Gasteiger partial charge is 0.357 e. The molecule has 154 valence electrons. The molecule has 9 nitrogen and oxygen atoms in total. The molecular formula is C22H21N9. The molecular weight excluding hydrogens is 390 g/mol. The summed E-state index contributed by atoms with van der Waals surface area (Å²) in [6.07, 6.45) is 5.40. The monoisotopic (exact) mass is 411 g/mol. The van der Waals surface area contributed by atoms with Gasteiger partial charge < -0.3 is 20.9 Å². The highest BCUT2D eigenvalue weighted by atomic mass is 15.2. The van der Waals surface area contributed by atoms with Crippen LogP contribution in [0.3, 0.4) is 0 Å². The number of piperidine rings is 1. The molecule has 0 spiro atoms. The Morgan fingerprint density at radius 3 is 2.58 bits per heavy atom. The number of pyridine rings is 1. The van der Waals surface area contributed by atoms with Gasteiger partial charge in [0.05, 0.1) is 18.0 Å². The zero-order valence-corrected chi connectivity index (χ0v) is 16.8. The first-order chi connectivity index (χ1) is 15.2. The summed E-state index contributed by atoms with van der Waals surface area (Å²) in [5.41, 5.74) is 10.3. The standard InChI is InChI=1S/C22H21N9/c23-11-14-1-4-17(5-2-14)28-22-29-19(20-21(30-22)27-13-26-20)15-3-6-18(25-12-15)31-9-7-16(24)8-10-31/h1-6,12-13,16H,7-10,24H2,(H2,26,27,28,29,30). The van der Waals surface area contributed by atoms with Crippen LogP contribution in [0.5, 0.6) is 0 Å². The average molecular weight is 411 g/mol. The summed E-state index contributed by atoms with van der Waals surface area (Å²) in [6.45, 7) is 1.84. The quantitative estimate of drug-likeness (QED) is 0.467. The van der Waals surface area contributed by atoms with Crippen LogP contribution in [0, 0.1) is 11.3 Å². The molecule has 0 radical (unpaired) electrons. The van der Waals surface area contributed by atoms with Crippen LogP contribution in [0.25, 0.3) is 22.4 Å². The number of aromatic nitrogens is 5. The number of aromatic amines is 1. The van der Waals surface area contributed by atoms with Gasteiger partial charge in [0.15, 0.2) is 5.65 Å². The van der Waals surface area contributed by atoms with E-state index in [1.54, 1.807) is 18.5 Å². The first-order valence-electron chi connectivity index (χ1n) is 10.1. The molecule has 4 N–H and O–H groups in total. The number of hydrogen-bond acceptors (Lipinski definition) is 8. The topological polar surface area (TPSA) is 132 Å². The lowest BCUT2D eigenvalue weighted by Crippen LogP contribution is -2.40. The summed E-state index contributed by atoms with van der Waals surface area (Å²) in [7, 11) is 0. The zero-order chi connectivity index (χ0) is 21.2. The lowest BCUT2D eigenvalue weighted by atomic mass is 10.1. The fourth-order valence-corrected chi connectivity index (χ4v) is 3.70. The number of anilines is 3. The Kier molecular flexibility index (Phi) is 4.90. The van der Waals surface area contributed by atoms with Gasteiger partial charge in [0.25, 0.3) is 0 Å². The molecule has 1 fully saturated rings. The number of fused-ring (bicyclic) bond motifs is 1. The molecule has 4 aromatic rings. The van der Waals surface area contributed by atoms with Crippen molar-refractivity contribution in [1.29, 1.82) is 5.26 Å². The number of hydrogen-bond donors (Lipinski definition) is 3. The van der Waals surface area contributed by atoms with E-state index in [1.165, 1.54) is 0 Å². The van der Waals surface area contributed by atoms with Gasteiger partial charge in [0.1, 0.15) is 17.0 Å². The Bertz CT molecular complexity index is 1230. The Labute approximate surface area is 179 Å². The Hall–Kier alpha value is -4.03. The van der Waals surface area contributed by atoms with Gasteiger partial charge in [-0.2, -0.15) is 10.2 Å². The summed E-state index contributed by atoms with van der Waals surface area (Å²) >= 11 is 0. The maximum absolute atomic E-state index is 8.97. The number of benzene rings is 1. The van der Waals surface area contributed by atoms with Crippen molar-refractivity contribution in [3.05, 3.63) is 54.5 Å². The molecule has 1 aliphatic heterocycles. The molecule has 0 aliphatic carbocycles. The normalized spacial score (nSPS) is 14.5. The molecule has 1 aliphatic rings. The van der Waals surface area contributed by atoms with Gasteiger partial charge in [-0.3, -0.25) is 0 Å². The molecule has 0 unspecified atom stereocenters. The number of rotatable bonds is 4. The molecule has 1 aromatic carbocycles. The average Bonchev–Trinajstić information content (AvgIpc) is 3.28. The van der Waals surface area contributed by atoms with Gasteiger partial charge in [-0.15, -0.1) is 0 Å². The summed E-state index contributed by atoms with van der Waals surface area (Å²) < 4.78 is 0. The minimum absolute atomic E-state index is 0.284. The number of nitriles is 1. The molecule has 0 saturated carbocycles. The summed E-state index contributed by atoms with van der Waals surface area (Å²) in [5.74, 6) is 1.37. The minimum atomic E-state index is 0.284. The Morgan fingerprint density at radius 1 is 1.06 bits per heavy atom. The number of imidazole rings is 1. The van der Waals surface area contributed by atoms with E-state index < -0.39 is 0 Å². The first-order valence-corrected chi connectivity index (χ1v) is 10.1. The van der Waals surface area contributed by atoms with Gasteiger partial charge in [-0.05, 0) is 49.2 Å². The van der Waals surface area contributed by atoms with Gasteiger partial charge >= 0.3 is 0 Å². The van der Waals surface area contributed by atoms with E-state index >= 15 is 0 Å². The van der Waals surface area contributed by atoms with Crippen LogP contribution < -0.4 is 16.0 Å². The van der Waals surface area contributed by atoms with Crippen molar-refractivity contribution in [3.63, 3.8) is 0 Å². The highest BCUT2D eigenvalue weighted by Gasteiger charge is 2.18. The van der Waals surface area contributed by atoms with E-state index in [4.69, 9.17) is 16.0 Å². The van der Waals surface area contributed by atoms with Gasteiger partial charge in [0, 0.05) is 36.6 Å². The molecule has 31 heavy (non-hydrogen) atoms. The number of nitrogens with one attached hydrogen (secondary N) is 2. The molecule has 9 heteroatoms. The fraction of sp³-hybridized carbons (Fsp3) is 0.227. The van der Waals surface area contributed by atoms with Crippen molar-refractivity contribution in [2.45, 2.75) is 18.9 Å². The number of H-pyrrole nitrogens is 1. The van der Waals surface area contributed by atoms with Gasteiger partial charge in [-0.25, -0.2) is 15.0 Å². The van der Waals surface area contributed by atoms with Crippen LogP contribution >= 0.6 is 0 Å². The fourth-order valence-electron chi connectivity index (χ4n) is 3.70. The predicted molar refractivity (Wildman–Crippen MR) is 119 cm³/mol. The second-order valence-electron chi connectivity index (χ2n) is 7.54. The highest BCUT2D eigenvalue weighted by molar-refractivity contribution is 5.88. The molecule has 0 atom stereocenters. The third-order valence-electron chi connectivity index (χ3n) is 5.44. The van der Waals surface area contributed by atoms with Crippen molar-refractivity contribution < 1.29 is 0 Å². The first kappa shape index (κ1) is 19.0. The van der Waals surface area contributed by atoms with E-state index in [0.717, 1.165) is 54.2 Å². The summed E-state index contributed by atoms with van der Waals surface area (Å²) in [5, 5.41) is 12.2. The van der Waals surface area contributed by atoms with E-state index in [0.29, 0.717) is 17.2 Å². The summed E-state index contributed by atoms with van der Waals surface area (Å²) in [6, 6.07) is 13.5. The highest BCUT2D eigenvalue weighted by Crippen LogP contribution is 2.27. The van der Waals surface area contributed by atoms with Crippen LogP contribution in [-0.4, -0.2) is 44.1 Å². The van der Waals surface area contributed by atoms with Crippen molar-refractivity contribution in [1.82, 2.24) is 24.9 Å². The van der Waals surface area contributed by atoms with Crippen LogP contribution in [0.4, 0.5) is 17.5 Å². The molecule has 0 bridgehead atoms. The van der Waals surface area contributed by atoms with E-state index in [1.807, 2.05) is 30.5 Å². The Morgan fingerprint density at radius 2 is 1.87 bits per heavy atom. The van der Waals surface area contributed by atoms with Gasteiger partial charge in [-0.1, -0.05) is 0 Å². The van der Waals surface area contributed by atoms with Crippen molar-refractivity contribution in [3.8, 4) is 17.3 Å². The van der Waals surface area contributed by atoms with E-state index in [2.05, 4.69) is 36.2 Å². The third-order valence-corrected chi connectivity index (χ3v) is 5.44. The van der Waals surface area contributed by atoms with Crippen LogP contribution in [-0.2, 0) is 0 Å². The maximum atomic E-state index is 8.97. The lowest BCUT2D eigenvalue weighted by Gasteiger charge is -2.31. The van der Waals surface area contributed by atoms with Crippen LogP contribution in [0.2, 0.25) is 0 Å². The van der Waals surface area contributed by atoms with Crippen molar-refractivity contribution in [2.75, 3.05) is 23.3 Å². The molecule has 4 heterocycles. The zero-order valence-electron chi connectivity index (χ0n) is 16.8. The SMILES string of the molecule is N#Cc1ccc(Nc2nc(-c3ccc(N4CCC(N)CC4)nc3)c3[nH]cnc3n2)cc1. The molecule has 0 amide bonds. The van der Waals surface area contributed by atoms with Crippen molar-refractivity contribution in [2.24, 2.45) is 5.73 Å². The second-order valence-corrected chi connectivity index (χ2v) is 7.54. The molecule has 3 aromatic heterocycles. The molecule has 5 rings (SSSR count). The maximum Gasteiger partial charge on any atom is 0.229 e. The smallest absolute Gasteiger partial charge is 0.229 e. The number of nitrogens with two attached hydrogens (primary N) is 1. The van der Waals surface area contributed by atoms with E-state index in [-0.39, 0.29) is 6.04 Å². The minimum Gasteiger partial charge on any atom is -0.357 e. The Balaban J connectivity index is 1.45.